The molecule has 1 fully saturated rings. The fourth-order valence-corrected chi connectivity index (χ4v) is 3.57. The molecule has 1 aliphatic heterocycles. The molecule has 0 aliphatic carbocycles. The third kappa shape index (κ3) is 11.2. The summed E-state index contributed by atoms with van der Waals surface area (Å²) in [7, 11) is 0. The van der Waals surface area contributed by atoms with Gasteiger partial charge in [-0.3, -0.25) is 0 Å². The Morgan fingerprint density at radius 2 is 1.44 bits per heavy atom. The molecule has 1 heterocycles. The van der Waals surface area contributed by atoms with Crippen molar-refractivity contribution in [1.82, 2.24) is 0 Å². The predicted molar refractivity (Wildman–Crippen MR) is 109 cm³/mol. The van der Waals surface area contributed by atoms with Crippen molar-refractivity contribution in [2.75, 3.05) is 19.8 Å². The number of aliphatic hydroxyl groups is 3. The van der Waals surface area contributed by atoms with Crippen LogP contribution in [0.25, 0.3) is 0 Å². The third-order valence-electron chi connectivity index (χ3n) is 5.32. The second-order valence-electron chi connectivity index (χ2n) is 7.69. The van der Waals surface area contributed by atoms with E-state index in [0.29, 0.717) is 6.61 Å². The molecule has 0 aromatic carbocycles. The second kappa shape index (κ2) is 16.5. The SMILES string of the molecule is C/C=C/CCCCCCCCCCCCCO[C@@H]1[C@@H](O)[C@H](CO)OC[C@H]1O. The van der Waals surface area contributed by atoms with Gasteiger partial charge in [0.15, 0.2) is 0 Å². The van der Waals surface area contributed by atoms with E-state index in [9.17, 15) is 10.2 Å². The van der Waals surface area contributed by atoms with Crippen molar-refractivity contribution in [1.29, 1.82) is 0 Å². The largest absolute Gasteiger partial charge is 0.394 e. The summed E-state index contributed by atoms with van der Waals surface area (Å²) in [5, 5.41) is 29.1. The first-order valence-corrected chi connectivity index (χ1v) is 11.0. The van der Waals surface area contributed by atoms with Gasteiger partial charge in [0, 0.05) is 6.61 Å². The Morgan fingerprint density at radius 1 is 0.889 bits per heavy atom. The number of ether oxygens (including phenoxy) is 2. The predicted octanol–water partition coefficient (Wildman–Crippen LogP) is 3.74. The third-order valence-corrected chi connectivity index (χ3v) is 5.32. The number of allylic oxidation sites excluding steroid dienone is 2. The van der Waals surface area contributed by atoms with Crippen LogP contribution in [0.4, 0.5) is 0 Å². The molecular weight excluding hydrogens is 344 g/mol. The Morgan fingerprint density at radius 3 is 2.00 bits per heavy atom. The second-order valence-corrected chi connectivity index (χ2v) is 7.69. The molecule has 3 N–H and O–H groups in total. The summed E-state index contributed by atoms with van der Waals surface area (Å²) in [6.07, 6.45) is 16.5. The highest BCUT2D eigenvalue weighted by Gasteiger charge is 2.38. The van der Waals surface area contributed by atoms with Gasteiger partial charge in [-0.15, -0.1) is 0 Å². The first-order valence-electron chi connectivity index (χ1n) is 11.0. The van der Waals surface area contributed by atoms with E-state index < -0.39 is 24.4 Å². The molecule has 0 saturated carbocycles. The van der Waals surface area contributed by atoms with Crippen LogP contribution >= 0.6 is 0 Å². The summed E-state index contributed by atoms with van der Waals surface area (Å²) >= 11 is 0. The van der Waals surface area contributed by atoms with Crippen LogP contribution in [0.1, 0.15) is 84.0 Å². The number of hydrogen-bond acceptors (Lipinski definition) is 5. The molecule has 4 atom stereocenters. The molecule has 0 amide bonds. The van der Waals surface area contributed by atoms with Gasteiger partial charge in [0.25, 0.3) is 0 Å². The average Bonchev–Trinajstić information content (AvgIpc) is 2.67. The van der Waals surface area contributed by atoms with Gasteiger partial charge < -0.3 is 24.8 Å². The zero-order chi connectivity index (χ0) is 19.7. The molecule has 1 rings (SSSR count). The maximum Gasteiger partial charge on any atom is 0.114 e. The lowest BCUT2D eigenvalue weighted by molar-refractivity contribution is -0.210. The van der Waals surface area contributed by atoms with E-state index in [0.717, 1.165) is 12.8 Å². The fourth-order valence-electron chi connectivity index (χ4n) is 3.57. The van der Waals surface area contributed by atoms with E-state index in [1.54, 1.807) is 0 Å². The first kappa shape index (κ1) is 24.6. The van der Waals surface area contributed by atoms with Gasteiger partial charge in [-0.25, -0.2) is 0 Å². The lowest BCUT2D eigenvalue weighted by atomic mass is 10.0. The van der Waals surface area contributed by atoms with E-state index in [2.05, 4.69) is 19.1 Å². The smallest absolute Gasteiger partial charge is 0.114 e. The average molecular weight is 387 g/mol. The highest BCUT2D eigenvalue weighted by Crippen LogP contribution is 2.19. The Labute approximate surface area is 165 Å². The van der Waals surface area contributed by atoms with E-state index in [-0.39, 0.29) is 13.2 Å². The van der Waals surface area contributed by atoms with Crippen LogP contribution in [0.5, 0.6) is 0 Å². The highest BCUT2D eigenvalue weighted by molar-refractivity contribution is 4.87. The van der Waals surface area contributed by atoms with Crippen LogP contribution in [-0.4, -0.2) is 59.6 Å². The van der Waals surface area contributed by atoms with Crippen LogP contribution in [0, 0.1) is 0 Å². The number of unbranched alkanes of at least 4 members (excludes halogenated alkanes) is 11. The standard InChI is InChI=1S/C22H42O5/c1-2-3-4-5-6-7-8-9-10-11-12-13-14-15-16-26-22-19(24)18-27-20(17-23)21(22)25/h2-3,19-25H,4-18H2,1H3/b3-2+/t19-,20+,21+,22+/m1/s1. The van der Waals surface area contributed by atoms with Crippen molar-refractivity contribution in [3.63, 3.8) is 0 Å². The topological polar surface area (TPSA) is 79.2 Å². The highest BCUT2D eigenvalue weighted by atomic mass is 16.6. The summed E-state index contributed by atoms with van der Waals surface area (Å²) in [5.74, 6) is 0. The minimum atomic E-state index is -0.971. The normalized spacial score (nSPS) is 26.1. The number of aliphatic hydroxyl groups excluding tert-OH is 3. The Balaban J connectivity index is 1.87. The minimum absolute atomic E-state index is 0.0999. The van der Waals surface area contributed by atoms with Crippen LogP contribution in [-0.2, 0) is 9.47 Å². The van der Waals surface area contributed by atoms with Crippen LogP contribution in [0.2, 0.25) is 0 Å². The summed E-state index contributed by atoms with van der Waals surface area (Å²) < 4.78 is 10.8. The first-order chi connectivity index (χ1) is 13.2. The van der Waals surface area contributed by atoms with Gasteiger partial charge in [-0.1, -0.05) is 69.9 Å². The summed E-state index contributed by atoms with van der Waals surface area (Å²) in [5.41, 5.74) is 0. The molecule has 0 aromatic rings. The summed E-state index contributed by atoms with van der Waals surface area (Å²) in [6.45, 7) is 2.46. The Kier molecular flexibility index (Phi) is 15.0. The van der Waals surface area contributed by atoms with Crippen molar-refractivity contribution < 1.29 is 24.8 Å². The zero-order valence-corrected chi connectivity index (χ0v) is 17.2. The van der Waals surface area contributed by atoms with Gasteiger partial charge in [-0.05, 0) is 26.2 Å². The lowest BCUT2D eigenvalue weighted by Crippen LogP contribution is -2.55. The Hall–Kier alpha value is -0.460. The molecule has 1 saturated heterocycles. The van der Waals surface area contributed by atoms with Crippen LogP contribution in [0.15, 0.2) is 12.2 Å². The van der Waals surface area contributed by atoms with E-state index >= 15 is 0 Å². The minimum Gasteiger partial charge on any atom is -0.394 e. The molecule has 160 valence electrons. The van der Waals surface area contributed by atoms with Crippen LogP contribution in [0.3, 0.4) is 0 Å². The van der Waals surface area contributed by atoms with E-state index in [1.165, 1.54) is 64.2 Å². The van der Waals surface area contributed by atoms with Crippen molar-refractivity contribution in [3.8, 4) is 0 Å². The maximum atomic E-state index is 10.0. The summed E-state index contributed by atoms with van der Waals surface area (Å²) in [4.78, 5) is 0. The van der Waals surface area contributed by atoms with Gasteiger partial charge >= 0.3 is 0 Å². The Bertz CT molecular complexity index is 361. The molecule has 0 aromatic heterocycles. The molecule has 27 heavy (non-hydrogen) atoms. The maximum absolute atomic E-state index is 10.0. The molecular formula is C22H42O5. The molecule has 1 aliphatic rings. The van der Waals surface area contributed by atoms with Crippen molar-refractivity contribution in [2.24, 2.45) is 0 Å². The fraction of sp³-hybridized carbons (Fsp3) is 0.909. The van der Waals surface area contributed by atoms with Gasteiger partial charge in [-0.2, -0.15) is 0 Å². The number of hydrogen-bond donors (Lipinski definition) is 3. The van der Waals surface area contributed by atoms with Crippen molar-refractivity contribution in [2.45, 2.75) is 108 Å². The quantitative estimate of drug-likeness (QED) is 0.278. The van der Waals surface area contributed by atoms with Gasteiger partial charge in [0.05, 0.1) is 13.2 Å². The molecule has 5 nitrogen and oxygen atoms in total. The van der Waals surface area contributed by atoms with E-state index in [4.69, 9.17) is 14.6 Å². The van der Waals surface area contributed by atoms with Crippen molar-refractivity contribution >= 4 is 0 Å². The van der Waals surface area contributed by atoms with Crippen molar-refractivity contribution in [3.05, 3.63) is 12.2 Å². The monoisotopic (exact) mass is 386 g/mol. The zero-order valence-electron chi connectivity index (χ0n) is 17.2. The van der Waals surface area contributed by atoms with Gasteiger partial charge in [0.2, 0.25) is 0 Å². The molecule has 0 bridgehead atoms. The lowest BCUT2D eigenvalue weighted by Gasteiger charge is -2.37. The van der Waals surface area contributed by atoms with E-state index in [1.807, 2.05) is 0 Å². The molecule has 0 unspecified atom stereocenters. The van der Waals surface area contributed by atoms with Crippen LogP contribution < -0.4 is 0 Å². The molecule has 5 heteroatoms. The number of rotatable bonds is 16. The molecule has 0 radical (unpaired) electrons. The molecule has 0 spiro atoms. The summed E-state index contributed by atoms with van der Waals surface area (Å²) in [6, 6.07) is 0. The van der Waals surface area contributed by atoms with Gasteiger partial charge in [0.1, 0.15) is 24.4 Å².